The molecule has 0 saturated heterocycles. The first-order chi connectivity index (χ1) is 12.8. The Labute approximate surface area is 161 Å². The second kappa shape index (κ2) is 11.0. The zero-order valence-electron chi connectivity index (χ0n) is 15.2. The fraction of sp³-hybridized carbons (Fsp3) is 0.412. The summed E-state index contributed by atoms with van der Waals surface area (Å²) in [6, 6.07) is 2.84. The van der Waals surface area contributed by atoms with Gasteiger partial charge in [0.15, 0.2) is 18.1 Å². The molecule has 0 aliphatic heterocycles. The summed E-state index contributed by atoms with van der Waals surface area (Å²) in [7, 11) is 0. The zero-order valence-corrected chi connectivity index (χ0v) is 16.0. The number of hydrogen-bond acceptors (Lipinski definition) is 6. The minimum atomic E-state index is -1.16. The summed E-state index contributed by atoms with van der Waals surface area (Å²) in [5.74, 6) is -2.52. The molecule has 3 N–H and O–H groups in total. The predicted octanol–water partition coefficient (Wildman–Crippen LogP) is 1.57. The van der Waals surface area contributed by atoms with Crippen LogP contribution >= 0.6 is 11.6 Å². The normalized spacial score (nSPS) is 11.7. The number of benzene rings is 1. The SMILES string of the molecule is CCOc1cc(/C=N\NC(=O)C(=O)N[C@@H](C)CC)cc(Cl)c1OCC(=O)O. The van der Waals surface area contributed by atoms with Gasteiger partial charge in [0.1, 0.15) is 0 Å². The maximum Gasteiger partial charge on any atom is 0.341 e. The lowest BCUT2D eigenvalue weighted by atomic mass is 10.2. The standard InChI is InChI=1S/C17H22ClN3O6/c1-4-10(3)20-16(24)17(25)21-19-8-11-6-12(18)15(27-9-14(22)23)13(7-11)26-5-2/h6-8,10H,4-5,9H2,1-3H3,(H,20,24)(H,21,25)(H,22,23)/b19-8-/t10-/m0/s1. The number of carbonyl (C=O) groups is 3. The number of carbonyl (C=O) groups excluding carboxylic acids is 2. The average molecular weight is 400 g/mol. The number of hydrazone groups is 1. The Balaban J connectivity index is 2.85. The minimum absolute atomic E-state index is 0.0926. The van der Waals surface area contributed by atoms with Gasteiger partial charge in [-0.1, -0.05) is 18.5 Å². The Morgan fingerprint density at radius 2 is 1.96 bits per heavy atom. The minimum Gasteiger partial charge on any atom is -0.490 e. The van der Waals surface area contributed by atoms with Gasteiger partial charge >= 0.3 is 17.8 Å². The van der Waals surface area contributed by atoms with Gasteiger partial charge in [-0.15, -0.1) is 0 Å². The molecule has 0 aliphatic rings. The van der Waals surface area contributed by atoms with E-state index >= 15 is 0 Å². The Bertz CT molecular complexity index is 723. The third kappa shape index (κ3) is 7.53. The van der Waals surface area contributed by atoms with Crippen molar-refractivity contribution >= 4 is 35.6 Å². The number of nitrogens with one attached hydrogen (secondary N) is 2. The van der Waals surface area contributed by atoms with Crippen LogP contribution in [0.5, 0.6) is 11.5 Å². The first-order valence-corrected chi connectivity index (χ1v) is 8.61. The highest BCUT2D eigenvalue weighted by atomic mass is 35.5. The first-order valence-electron chi connectivity index (χ1n) is 8.23. The summed E-state index contributed by atoms with van der Waals surface area (Å²) in [6.45, 7) is 5.12. The van der Waals surface area contributed by atoms with E-state index in [1.807, 2.05) is 6.92 Å². The highest BCUT2D eigenvalue weighted by Crippen LogP contribution is 2.36. The molecule has 0 radical (unpaired) electrons. The quantitative estimate of drug-likeness (QED) is 0.328. The van der Waals surface area contributed by atoms with Gasteiger partial charge in [-0.25, -0.2) is 10.2 Å². The van der Waals surface area contributed by atoms with E-state index in [0.29, 0.717) is 18.6 Å². The summed E-state index contributed by atoms with van der Waals surface area (Å²) in [6.07, 6.45) is 1.96. The van der Waals surface area contributed by atoms with E-state index in [-0.39, 0.29) is 22.6 Å². The average Bonchev–Trinajstić information content (AvgIpc) is 2.60. The van der Waals surface area contributed by atoms with E-state index in [9.17, 15) is 14.4 Å². The van der Waals surface area contributed by atoms with Crippen LogP contribution in [0.2, 0.25) is 5.02 Å². The lowest BCUT2D eigenvalue weighted by Gasteiger charge is -2.13. The molecule has 148 valence electrons. The predicted molar refractivity (Wildman–Crippen MR) is 99.4 cm³/mol. The van der Waals surface area contributed by atoms with Crippen molar-refractivity contribution in [2.24, 2.45) is 5.10 Å². The molecule has 9 nitrogen and oxygen atoms in total. The Hall–Kier alpha value is -2.81. The highest BCUT2D eigenvalue weighted by molar-refractivity contribution is 6.35. The molecule has 1 rings (SSSR count). The second-order valence-corrected chi connectivity index (χ2v) is 5.83. The van der Waals surface area contributed by atoms with Gasteiger partial charge < -0.3 is 19.9 Å². The van der Waals surface area contributed by atoms with Crippen LogP contribution in [-0.2, 0) is 14.4 Å². The van der Waals surface area contributed by atoms with E-state index in [2.05, 4.69) is 15.8 Å². The molecule has 0 spiro atoms. The van der Waals surface area contributed by atoms with Crippen molar-refractivity contribution < 1.29 is 29.0 Å². The number of carboxylic acid groups (broad SMARTS) is 1. The van der Waals surface area contributed by atoms with Crippen LogP contribution in [0.25, 0.3) is 0 Å². The molecular weight excluding hydrogens is 378 g/mol. The summed E-state index contributed by atoms with van der Waals surface area (Å²) < 4.78 is 10.5. The highest BCUT2D eigenvalue weighted by Gasteiger charge is 2.15. The van der Waals surface area contributed by atoms with Gasteiger partial charge in [0.2, 0.25) is 0 Å². The van der Waals surface area contributed by atoms with Crippen LogP contribution in [0.15, 0.2) is 17.2 Å². The first kappa shape index (κ1) is 22.2. The third-order valence-corrected chi connectivity index (χ3v) is 3.53. The maximum absolute atomic E-state index is 11.7. The van der Waals surface area contributed by atoms with Gasteiger partial charge in [-0.2, -0.15) is 5.10 Å². The van der Waals surface area contributed by atoms with Crippen LogP contribution in [0, 0.1) is 0 Å². The number of ether oxygens (including phenoxy) is 2. The van der Waals surface area contributed by atoms with E-state index in [0.717, 1.165) is 0 Å². The molecule has 27 heavy (non-hydrogen) atoms. The number of aliphatic carboxylic acids is 1. The van der Waals surface area contributed by atoms with Crippen LogP contribution in [0.3, 0.4) is 0 Å². The van der Waals surface area contributed by atoms with Crippen LogP contribution < -0.4 is 20.2 Å². The van der Waals surface area contributed by atoms with Crippen molar-refractivity contribution in [3.05, 3.63) is 22.7 Å². The molecular formula is C17H22ClN3O6. The maximum atomic E-state index is 11.7. The van der Waals surface area contributed by atoms with Crippen LogP contribution in [-0.4, -0.2) is 48.4 Å². The molecule has 0 fully saturated rings. The second-order valence-electron chi connectivity index (χ2n) is 5.43. The molecule has 0 heterocycles. The third-order valence-electron chi connectivity index (χ3n) is 3.25. The number of amides is 2. The summed E-state index contributed by atoms with van der Waals surface area (Å²) in [5.41, 5.74) is 2.56. The topological polar surface area (TPSA) is 126 Å². The van der Waals surface area contributed by atoms with Gasteiger partial charge in [0.05, 0.1) is 17.8 Å². The van der Waals surface area contributed by atoms with E-state index in [4.69, 9.17) is 26.2 Å². The zero-order chi connectivity index (χ0) is 20.4. The molecule has 0 aromatic heterocycles. The Kier molecular flexibility index (Phi) is 9.07. The molecule has 0 bridgehead atoms. The number of hydrogen-bond donors (Lipinski definition) is 3. The van der Waals surface area contributed by atoms with Gasteiger partial charge in [0, 0.05) is 6.04 Å². The molecule has 0 aliphatic carbocycles. The van der Waals surface area contributed by atoms with E-state index < -0.39 is 24.4 Å². The fourth-order valence-corrected chi connectivity index (χ4v) is 2.08. The smallest absolute Gasteiger partial charge is 0.341 e. The van der Waals surface area contributed by atoms with Crippen molar-refractivity contribution in [1.29, 1.82) is 0 Å². The van der Waals surface area contributed by atoms with Crippen molar-refractivity contribution in [1.82, 2.24) is 10.7 Å². The number of nitrogens with zero attached hydrogens (tertiary/aromatic N) is 1. The molecule has 0 saturated carbocycles. The number of rotatable bonds is 9. The summed E-state index contributed by atoms with van der Waals surface area (Å²) >= 11 is 6.11. The van der Waals surface area contributed by atoms with Gasteiger partial charge in [0.25, 0.3) is 0 Å². The Morgan fingerprint density at radius 1 is 1.26 bits per heavy atom. The lowest BCUT2D eigenvalue weighted by Crippen LogP contribution is -2.41. The van der Waals surface area contributed by atoms with E-state index in [1.54, 1.807) is 13.8 Å². The van der Waals surface area contributed by atoms with Crippen LogP contribution in [0.1, 0.15) is 32.8 Å². The van der Waals surface area contributed by atoms with Crippen molar-refractivity contribution in [2.45, 2.75) is 33.2 Å². The van der Waals surface area contributed by atoms with Crippen molar-refractivity contribution in [3.8, 4) is 11.5 Å². The number of halogens is 1. The molecule has 10 heteroatoms. The summed E-state index contributed by atoms with van der Waals surface area (Å²) in [4.78, 5) is 33.9. The largest absolute Gasteiger partial charge is 0.490 e. The molecule has 1 atom stereocenters. The van der Waals surface area contributed by atoms with Crippen molar-refractivity contribution in [3.63, 3.8) is 0 Å². The van der Waals surface area contributed by atoms with E-state index in [1.165, 1.54) is 18.3 Å². The molecule has 1 aromatic rings. The number of carboxylic acids is 1. The van der Waals surface area contributed by atoms with Gasteiger partial charge in [-0.05, 0) is 38.0 Å². The fourth-order valence-electron chi connectivity index (χ4n) is 1.81. The lowest BCUT2D eigenvalue weighted by molar-refractivity contribution is -0.139. The van der Waals surface area contributed by atoms with Crippen molar-refractivity contribution in [2.75, 3.05) is 13.2 Å². The Morgan fingerprint density at radius 3 is 2.56 bits per heavy atom. The molecule has 1 aromatic carbocycles. The van der Waals surface area contributed by atoms with Gasteiger partial charge in [-0.3, -0.25) is 9.59 Å². The molecule has 2 amide bonds. The van der Waals surface area contributed by atoms with Crippen LogP contribution in [0.4, 0.5) is 0 Å². The monoisotopic (exact) mass is 399 g/mol. The summed E-state index contributed by atoms with van der Waals surface area (Å²) in [5, 5.41) is 15.1. The molecule has 0 unspecified atom stereocenters.